The highest BCUT2D eigenvalue weighted by Gasteiger charge is 2.21. The fourth-order valence-corrected chi connectivity index (χ4v) is 2.81. The number of hydrogen-bond donors (Lipinski definition) is 2. The molecule has 3 aromatic rings. The summed E-state index contributed by atoms with van der Waals surface area (Å²) in [6.07, 6.45) is 1.17. The van der Waals surface area contributed by atoms with Gasteiger partial charge in [-0.2, -0.15) is 0 Å². The Balaban J connectivity index is 2.02. The third-order valence-corrected chi connectivity index (χ3v) is 3.74. The van der Waals surface area contributed by atoms with E-state index in [0.29, 0.717) is 5.13 Å². The lowest BCUT2D eigenvalue weighted by molar-refractivity contribution is -0.383. The molecule has 0 aliphatic heterocycles. The van der Waals surface area contributed by atoms with Gasteiger partial charge in [0.1, 0.15) is 6.33 Å². The second-order valence-corrected chi connectivity index (χ2v) is 5.36. The van der Waals surface area contributed by atoms with Crippen LogP contribution in [0.4, 0.5) is 22.5 Å². The van der Waals surface area contributed by atoms with Crippen molar-refractivity contribution in [3.63, 3.8) is 0 Å². The molecule has 2 heterocycles. The van der Waals surface area contributed by atoms with Crippen molar-refractivity contribution in [3.05, 3.63) is 40.2 Å². The average molecular weight is 302 g/mol. The molecule has 3 rings (SSSR count). The van der Waals surface area contributed by atoms with Gasteiger partial charge in [-0.15, -0.1) is 0 Å². The Kier molecular flexibility index (Phi) is 3.10. The van der Waals surface area contributed by atoms with Gasteiger partial charge in [0, 0.05) is 0 Å². The number of nitrogens with two attached hydrogens (primary N) is 1. The third kappa shape index (κ3) is 2.46. The lowest BCUT2D eigenvalue weighted by Gasteiger charge is -2.03. The fraction of sp³-hybridized carbons (Fsp3) is 0.0833. The predicted octanol–water partition coefficient (Wildman–Crippen LogP) is 2.63. The van der Waals surface area contributed by atoms with E-state index in [9.17, 15) is 10.1 Å². The Morgan fingerprint density at radius 2 is 2.19 bits per heavy atom. The molecule has 0 unspecified atom stereocenters. The van der Waals surface area contributed by atoms with Crippen LogP contribution in [-0.2, 0) is 0 Å². The quantitative estimate of drug-likeness (QED) is 0.563. The van der Waals surface area contributed by atoms with Crippen LogP contribution in [0.5, 0.6) is 0 Å². The van der Waals surface area contributed by atoms with Crippen molar-refractivity contribution in [2.24, 2.45) is 0 Å². The highest BCUT2D eigenvalue weighted by Crippen LogP contribution is 2.33. The SMILES string of the molecule is Cc1ccc2nc(Nc3ncnc(N)c3[N+](=O)[O-])sc2c1. The van der Waals surface area contributed by atoms with E-state index < -0.39 is 4.92 Å². The fourth-order valence-electron chi connectivity index (χ4n) is 1.85. The highest BCUT2D eigenvalue weighted by atomic mass is 32.1. The van der Waals surface area contributed by atoms with E-state index in [1.165, 1.54) is 17.7 Å². The van der Waals surface area contributed by atoms with Gasteiger partial charge in [0.2, 0.25) is 11.6 Å². The molecule has 3 N–H and O–H groups in total. The average Bonchev–Trinajstić information content (AvgIpc) is 2.79. The first-order chi connectivity index (χ1) is 10.0. The van der Waals surface area contributed by atoms with Crippen LogP contribution in [0.1, 0.15) is 5.56 Å². The van der Waals surface area contributed by atoms with E-state index in [1.807, 2.05) is 25.1 Å². The topological polar surface area (TPSA) is 120 Å². The van der Waals surface area contributed by atoms with Crippen LogP contribution in [0.2, 0.25) is 0 Å². The lowest BCUT2D eigenvalue weighted by atomic mass is 10.2. The molecule has 8 nitrogen and oxygen atoms in total. The van der Waals surface area contributed by atoms with Gasteiger partial charge in [-0.3, -0.25) is 10.1 Å². The van der Waals surface area contributed by atoms with Crippen molar-refractivity contribution >= 4 is 44.0 Å². The number of fused-ring (bicyclic) bond motifs is 1. The molecular formula is C12H10N6O2S. The van der Waals surface area contributed by atoms with Crippen LogP contribution in [0.25, 0.3) is 10.2 Å². The number of hydrogen-bond acceptors (Lipinski definition) is 8. The molecule has 0 aliphatic rings. The molecule has 106 valence electrons. The van der Waals surface area contributed by atoms with Gasteiger partial charge in [-0.25, -0.2) is 15.0 Å². The van der Waals surface area contributed by atoms with Gasteiger partial charge in [-0.1, -0.05) is 17.4 Å². The van der Waals surface area contributed by atoms with Gasteiger partial charge in [0.05, 0.1) is 15.1 Å². The molecule has 0 saturated carbocycles. The first-order valence-electron chi connectivity index (χ1n) is 5.93. The van der Waals surface area contributed by atoms with E-state index >= 15 is 0 Å². The summed E-state index contributed by atoms with van der Waals surface area (Å²) >= 11 is 1.39. The van der Waals surface area contributed by atoms with Gasteiger partial charge in [0.15, 0.2) is 5.13 Å². The maximum absolute atomic E-state index is 11.0. The van der Waals surface area contributed by atoms with E-state index in [-0.39, 0.29) is 17.3 Å². The Hall–Kier alpha value is -2.81. The summed E-state index contributed by atoms with van der Waals surface area (Å²) in [5.41, 5.74) is 7.11. The van der Waals surface area contributed by atoms with Crippen LogP contribution in [0.15, 0.2) is 24.5 Å². The molecule has 9 heteroatoms. The van der Waals surface area contributed by atoms with Crippen molar-refractivity contribution in [1.29, 1.82) is 0 Å². The Bertz CT molecular complexity index is 847. The van der Waals surface area contributed by atoms with Crippen LogP contribution in [0, 0.1) is 17.0 Å². The van der Waals surface area contributed by atoms with Gasteiger partial charge in [0.25, 0.3) is 0 Å². The number of nitro groups is 1. The second kappa shape index (κ2) is 4.94. The summed E-state index contributed by atoms with van der Waals surface area (Å²) in [5.74, 6) is -0.155. The molecule has 2 aromatic heterocycles. The maximum Gasteiger partial charge on any atom is 0.353 e. The number of nitrogen functional groups attached to an aromatic ring is 1. The van der Waals surface area contributed by atoms with Crippen LogP contribution in [0.3, 0.4) is 0 Å². The van der Waals surface area contributed by atoms with Crippen molar-refractivity contribution < 1.29 is 4.92 Å². The van der Waals surface area contributed by atoms with Crippen molar-refractivity contribution in [2.75, 3.05) is 11.1 Å². The number of rotatable bonds is 3. The normalized spacial score (nSPS) is 10.7. The van der Waals surface area contributed by atoms with Crippen LogP contribution in [-0.4, -0.2) is 19.9 Å². The van der Waals surface area contributed by atoms with Crippen LogP contribution < -0.4 is 11.1 Å². The van der Waals surface area contributed by atoms with E-state index in [1.54, 1.807) is 0 Å². The van der Waals surface area contributed by atoms with Gasteiger partial charge >= 0.3 is 5.69 Å². The van der Waals surface area contributed by atoms with Crippen molar-refractivity contribution in [3.8, 4) is 0 Å². The molecule has 0 fully saturated rings. The maximum atomic E-state index is 11.0. The van der Waals surface area contributed by atoms with Gasteiger partial charge < -0.3 is 11.1 Å². The molecule has 0 aliphatic carbocycles. The first kappa shape index (κ1) is 13.2. The predicted molar refractivity (Wildman–Crippen MR) is 80.7 cm³/mol. The Morgan fingerprint density at radius 3 is 2.95 bits per heavy atom. The zero-order valence-corrected chi connectivity index (χ0v) is 11.7. The third-order valence-electron chi connectivity index (χ3n) is 2.80. The summed E-state index contributed by atoms with van der Waals surface area (Å²) in [7, 11) is 0. The Labute approximate surface area is 122 Å². The molecule has 0 bridgehead atoms. The summed E-state index contributed by atoms with van der Waals surface area (Å²) < 4.78 is 0.988. The Morgan fingerprint density at radius 1 is 1.38 bits per heavy atom. The largest absolute Gasteiger partial charge is 0.378 e. The van der Waals surface area contributed by atoms with Gasteiger partial charge in [-0.05, 0) is 24.6 Å². The molecule has 1 aromatic carbocycles. The highest BCUT2D eigenvalue weighted by molar-refractivity contribution is 7.22. The molecule has 21 heavy (non-hydrogen) atoms. The van der Waals surface area contributed by atoms with Crippen molar-refractivity contribution in [1.82, 2.24) is 15.0 Å². The number of aryl methyl sites for hydroxylation is 1. The monoisotopic (exact) mass is 302 g/mol. The lowest BCUT2D eigenvalue weighted by Crippen LogP contribution is -2.04. The molecule has 0 amide bonds. The molecule has 0 saturated heterocycles. The summed E-state index contributed by atoms with van der Waals surface area (Å²) in [6.45, 7) is 1.99. The number of benzene rings is 1. The van der Waals surface area contributed by atoms with E-state index in [4.69, 9.17) is 5.73 Å². The summed E-state index contributed by atoms with van der Waals surface area (Å²) in [4.78, 5) is 22.3. The number of thiazole rings is 1. The second-order valence-electron chi connectivity index (χ2n) is 4.33. The van der Waals surface area contributed by atoms with Crippen LogP contribution >= 0.6 is 11.3 Å². The number of anilines is 3. The molecule has 0 atom stereocenters. The molecular weight excluding hydrogens is 292 g/mol. The molecule has 0 spiro atoms. The zero-order chi connectivity index (χ0) is 15.0. The number of nitrogens with zero attached hydrogens (tertiary/aromatic N) is 4. The summed E-state index contributed by atoms with van der Waals surface area (Å²) in [5, 5.41) is 14.4. The summed E-state index contributed by atoms with van der Waals surface area (Å²) in [6, 6.07) is 5.85. The minimum Gasteiger partial charge on any atom is -0.378 e. The minimum atomic E-state index is -0.616. The first-order valence-corrected chi connectivity index (χ1v) is 6.75. The van der Waals surface area contributed by atoms with E-state index in [2.05, 4.69) is 20.3 Å². The van der Waals surface area contributed by atoms with E-state index in [0.717, 1.165) is 15.8 Å². The minimum absolute atomic E-state index is 0.0308. The number of nitrogens with one attached hydrogen (secondary N) is 1. The zero-order valence-electron chi connectivity index (χ0n) is 10.9. The smallest absolute Gasteiger partial charge is 0.353 e. The van der Waals surface area contributed by atoms with Crippen molar-refractivity contribution in [2.45, 2.75) is 6.92 Å². The standard InChI is InChI=1S/C12H10N6O2S/c1-6-2-3-7-8(4-6)21-12(16-7)17-11-9(18(19)20)10(13)14-5-15-11/h2-5H,1H3,(H3,13,14,15,16,17). The number of aromatic nitrogens is 3. The molecule has 0 radical (unpaired) electrons.